The number of piperazine rings is 1. The molecule has 2 aromatic heterocycles. The van der Waals surface area contributed by atoms with Crippen LogP contribution < -0.4 is 20.7 Å². The summed E-state index contributed by atoms with van der Waals surface area (Å²) in [6.07, 6.45) is -2.69. The minimum atomic E-state index is -4.74. The van der Waals surface area contributed by atoms with Crippen molar-refractivity contribution in [2.45, 2.75) is 32.2 Å². The lowest BCUT2D eigenvalue weighted by atomic mass is 10.2. The number of alkyl halides is 3. The molecule has 2 fully saturated rings. The van der Waals surface area contributed by atoms with E-state index in [0.717, 1.165) is 89.9 Å². The lowest BCUT2D eigenvalue weighted by Gasteiger charge is -2.36. The maximum Gasteiger partial charge on any atom is 0.573 e. The molecule has 9 nitrogen and oxygen atoms in total. The Kier molecular flexibility index (Phi) is 7.29. The molecule has 0 bridgehead atoms. The number of fused-ring (bicyclic) bond motifs is 1. The number of aromatic nitrogens is 4. The van der Waals surface area contributed by atoms with Gasteiger partial charge in [0.1, 0.15) is 16.6 Å². The van der Waals surface area contributed by atoms with E-state index in [1.807, 2.05) is 30.3 Å². The van der Waals surface area contributed by atoms with Crippen LogP contribution in [-0.4, -0.2) is 63.7 Å². The predicted octanol–water partition coefficient (Wildman–Crippen LogP) is 6.92. The Balaban J connectivity index is 1.28. The minimum Gasteiger partial charge on any atom is -0.406 e. The molecule has 3 aromatic carbocycles. The number of benzene rings is 3. The van der Waals surface area contributed by atoms with Gasteiger partial charge < -0.3 is 30.2 Å². The van der Waals surface area contributed by atoms with Gasteiger partial charge in [-0.05, 0) is 80.1 Å². The molecule has 1 saturated heterocycles. The van der Waals surface area contributed by atoms with Crippen LogP contribution in [0.1, 0.15) is 25.8 Å². The van der Waals surface area contributed by atoms with Crippen molar-refractivity contribution in [2.75, 3.05) is 48.7 Å². The zero-order valence-corrected chi connectivity index (χ0v) is 24.8. The van der Waals surface area contributed by atoms with E-state index in [0.29, 0.717) is 10.8 Å². The molecule has 3 N–H and O–H groups in total. The molecule has 0 spiro atoms. The molecule has 228 valence electrons. The first kappa shape index (κ1) is 28.4. The van der Waals surface area contributed by atoms with Gasteiger partial charge in [-0.15, -0.1) is 23.4 Å². The number of nitrogens with zero attached hydrogens (tertiary/aromatic N) is 6. The first-order chi connectivity index (χ1) is 21.2. The largest absolute Gasteiger partial charge is 0.573 e. The molecule has 0 radical (unpaired) electrons. The SMILES string of the molecule is CCN1CCN(c2cc3c(cc2Nc2nnc(-c4ccc(N)cc4)s2)nc(-c2ccc(OC(F)(F)F)cc2)n3C2CC2)CC1. The molecule has 1 saturated carbocycles. The number of hydrogen-bond donors (Lipinski definition) is 2. The van der Waals surface area contributed by atoms with E-state index >= 15 is 0 Å². The van der Waals surface area contributed by atoms with Crippen molar-refractivity contribution in [3.05, 3.63) is 60.7 Å². The van der Waals surface area contributed by atoms with E-state index in [1.54, 1.807) is 12.1 Å². The average molecular weight is 621 g/mol. The number of hydrogen-bond acceptors (Lipinski definition) is 9. The molecule has 0 amide bonds. The van der Waals surface area contributed by atoms with Gasteiger partial charge in [-0.3, -0.25) is 0 Å². The number of imidazole rings is 1. The van der Waals surface area contributed by atoms with Crippen LogP contribution in [0.4, 0.5) is 35.4 Å². The zero-order chi connectivity index (χ0) is 30.4. The molecule has 13 heteroatoms. The summed E-state index contributed by atoms with van der Waals surface area (Å²) in [5, 5.41) is 13.8. The van der Waals surface area contributed by atoms with E-state index in [-0.39, 0.29) is 11.8 Å². The summed E-state index contributed by atoms with van der Waals surface area (Å²) in [5.74, 6) is 0.465. The van der Waals surface area contributed by atoms with Gasteiger partial charge in [0.25, 0.3) is 0 Å². The van der Waals surface area contributed by atoms with Gasteiger partial charge >= 0.3 is 6.36 Å². The third-order valence-electron chi connectivity index (χ3n) is 8.05. The van der Waals surface area contributed by atoms with Crippen LogP contribution >= 0.6 is 11.3 Å². The van der Waals surface area contributed by atoms with Crippen LogP contribution in [0.25, 0.3) is 33.0 Å². The number of anilines is 4. The van der Waals surface area contributed by atoms with Crippen molar-refractivity contribution in [1.29, 1.82) is 0 Å². The Labute approximate surface area is 256 Å². The summed E-state index contributed by atoms with van der Waals surface area (Å²) in [6.45, 7) is 6.89. The second-order valence-corrected chi connectivity index (χ2v) is 12.0. The van der Waals surface area contributed by atoms with Crippen LogP contribution in [0.15, 0.2) is 60.7 Å². The van der Waals surface area contributed by atoms with Gasteiger partial charge in [0.15, 0.2) is 0 Å². The number of nitrogens with two attached hydrogens (primary N) is 1. The first-order valence-corrected chi connectivity index (χ1v) is 15.4. The Morgan fingerprint density at radius 1 is 0.955 bits per heavy atom. The van der Waals surface area contributed by atoms with Crippen LogP contribution in [0, 0.1) is 0 Å². The Morgan fingerprint density at radius 2 is 1.66 bits per heavy atom. The second kappa shape index (κ2) is 11.3. The number of ether oxygens (including phenoxy) is 1. The highest BCUT2D eigenvalue weighted by atomic mass is 32.1. The Hall–Kier alpha value is -4.36. The maximum atomic E-state index is 12.7. The molecular weight excluding hydrogens is 589 g/mol. The van der Waals surface area contributed by atoms with Gasteiger partial charge in [-0.2, -0.15) is 0 Å². The number of likely N-dealkylation sites (N-methyl/N-ethyl adjacent to an activating group) is 1. The average Bonchev–Trinajstić information content (AvgIpc) is 3.63. The van der Waals surface area contributed by atoms with Crippen LogP contribution in [0.3, 0.4) is 0 Å². The highest BCUT2D eigenvalue weighted by Gasteiger charge is 2.32. The van der Waals surface area contributed by atoms with Crippen LogP contribution in [0.5, 0.6) is 5.75 Å². The van der Waals surface area contributed by atoms with E-state index < -0.39 is 6.36 Å². The highest BCUT2D eigenvalue weighted by molar-refractivity contribution is 7.18. The summed E-state index contributed by atoms with van der Waals surface area (Å²) in [4.78, 5) is 9.84. The molecule has 0 unspecified atom stereocenters. The lowest BCUT2D eigenvalue weighted by molar-refractivity contribution is -0.274. The number of rotatable bonds is 8. The van der Waals surface area contributed by atoms with Crippen LogP contribution in [-0.2, 0) is 0 Å². The summed E-state index contributed by atoms with van der Waals surface area (Å²) < 4.78 is 44.6. The fourth-order valence-electron chi connectivity index (χ4n) is 5.64. The molecule has 1 aliphatic heterocycles. The Bertz CT molecular complexity index is 1770. The van der Waals surface area contributed by atoms with Crippen LogP contribution in [0.2, 0.25) is 0 Å². The quantitative estimate of drug-likeness (QED) is 0.181. The van der Waals surface area contributed by atoms with Gasteiger partial charge in [-0.25, -0.2) is 4.98 Å². The lowest BCUT2D eigenvalue weighted by Crippen LogP contribution is -2.46. The topological polar surface area (TPSA) is 97.4 Å². The van der Waals surface area contributed by atoms with Crippen molar-refractivity contribution in [3.63, 3.8) is 0 Å². The Morgan fingerprint density at radius 3 is 2.32 bits per heavy atom. The van der Waals surface area contributed by atoms with Gasteiger partial charge in [0.05, 0.1) is 22.4 Å². The number of halogens is 3. The fraction of sp³-hybridized carbons (Fsp3) is 0.323. The first-order valence-electron chi connectivity index (χ1n) is 14.6. The number of nitrogens with one attached hydrogen (secondary N) is 1. The second-order valence-electron chi connectivity index (χ2n) is 11.0. The van der Waals surface area contributed by atoms with Gasteiger partial charge in [0, 0.05) is 49.0 Å². The summed E-state index contributed by atoms with van der Waals surface area (Å²) >= 11 is 1.46. The van der Waals surface area contributed by atoms with E-state index in [1.165, 1.54) is 23.5 Å². The normalized spacial score (nSPS) is 16.0. The van der Waals surface area contributed by atoms with Crippen molar-refractivity contribution in [3.8, 4) is 27.7 Å². The van der Waals surface area contributed by atoms with E-state index in [2.05, 4.69) is 47.6 Å². The molecule has 5 aromatic rings. The summed E-state index contributed by atoms with van der Waals surface area (Å²) in [5.41, 5.74) is 11.9. The van der Waals surface area contributed by atoms with Crippen molar-refractivity contribution in [1.82, 2.24) is 24.6 Å². The standard InChI is InChI=1S/C31H31F3N8OS/c1-2-40-13-15-41(16-14-40)26-18-27-25(17-24(26)37-30-39-38-29(44-30)20-3-7-21(35)8-4-20)36-28(42(27)22-9-10-22)19-5-11-23(12-6-19)43-31(32,33)34/h3-8,11-12,17-18,22H,2,9-10,13-16,35H2,1H3,(H,37,39). The highest BCUT2D eigenvalue weighted by Crippen LogP contribution is 2.44. The minimum absolute atomic E-state index is 0.259. The van der Waals surface area contributed by atoms with Crippen molar-refractivity contribution >= 4 is 44.6 Å². The van der Waals surface area contributed by atoms with Gasteiger partial charge in [0.2, 0.25) is 5.13 Å². The maximum absolute atomic E-state index is 12.7. The molecular formula is C31H31F3N8OS. The van der Waals surface area contributed by atoms with E-state index in [9.17, 15) is 13.2 Å². The third-order valence-corrected chi connectivity index (χ3v) is 8.94. The molecule has 0 atom stereocenters. The molecule has 2 aliphatic rings. The van der Waals surface area contributed by atoms with Crippen molar-refractivity contribution in [2.24, 2.45) is 0 Å². The molecule has 44 heavy (non-hydrogen) atoms. The third kappa shape index (κ3) is 5.89. The smallest absolute Gasteiger partial charge is 0.406 e. The monoisotopic (exact) mass is 620 g/mol. The van der Waals surface area contributed by atoms with Gasteiger partial charge in [-0.1, -0.05) is 18.3 Å². The molecule has 3 heterocycles. The zero-order valence-electron chi connectivity index (χ0n) is 24.0. The van der Waals surface area contributed by atoms with Crippen molar-refractivity contribution < 1.29 is 17.9 Å². The summed E-state index contributed by atoms with van der Waals surface area (Å²) in [7, 11) is 0. The van der Waals surface area contributed by atoms with E-state index in [4.69, 9.17) is 10.7 Å². The number of nitrogen functional groups attached to an aromatic ring is 1. The predicted molar refractivity (Wildman–Crippen MR) is 167 cm³/mol. The summed E-state index contributed by atoms with van der Waals surface area (Å²) in [6, 6.07) is 18.0. The molecule has 7 rings (SSSR count). The fourth-order valence-corrected chi connectivity index (χ4v) is 6.40. The molecule has 1 aliphatic carbocycles.